The lowest BCUT2D eigenvalue weighted by atomic mass is 10.1. The molecule has 2 rings (SSSR count). The van der Waals surface area contributed by atoms with Crippen LogP contribution in [-0.2, 0) is 4.79 Å². The monoisotopic (exact) mass is 303 g/mol. The van der Waals surface area contributed by atoms with E-state index >= 15 is 0 Å². The molecule has 120 valence electrons. The highest BCUT2D eigenvalue weighted by atomic mass is 16.2. The van der Waals surface area contributed by atoms with Gasteiger partial charge in [0, 0.05) is 17.3 Å². The first-order valence-corrected chi connectivity index (χ1v) is 7.88. The van der Waals surface area contributed by atoms with Gasteiger partial charge in [-0.25, -0.2) is 0 Å². The Morgan fingerprint density at radius 2 is 2.14 bits per heavy atom. The average Bonchev–Trinajstić information content (AvgIpc) is 2.76. The van der Waals surface area contributed by atoms with Gasteiger partial charge in [-0.05, 0) is 58.5 Å². The zero-order chi connectivity index (χ0) is 15.9. The lowest BCUT2D eigenvalue weighted by Gasteiger charge is -2.26. The second-order valence-corrected chi connectivity index (χ2v) is 5.94. The number of carbonyl (C=O) groups excluding carboxylic acids is 2. The fourth-order valence-electron chi connectivity index (χ4n) is 2.81. The number of Topliss-reactive ketones (excluding diaryl/α,β-unsaturated/α-hetero) is 1. The highest BCUT2D eigenvalue weighted by Crippen LogP contribution is 2.13. The second-order valence-electron chi connectivity index (χ2n) is 5.94. The Kier molecular flexibility index (Phi) is 6.10. The molecule has 1 aromatic rings. The van der Waals surface area contributed by atoms with Gasteiger partial charge in [-0.15, -0.1) is 0 Å². The van der Waals surface area contributed by atoms with Crippen LogP contribution in [0.15, 0.2) is 24.3 Å². The minimum Gasteiger partial charge on any atom is -0.325 e. The van der Waals surface area contributed by atoms with Crippen LogP contribution < -0.4 is 10.6 Å². The molecular formula is C17H25N3O2. The van der Waals surface area contributed by atoms with Crippen LogP contribution in [0.4, 0.5) is 5.69 Å². The number of anilines is 1. The van der Waals surface area contributed by atoms with Crippen molar-refractivity contribution < 1.29 is 9.59 Å². The molecule has 1 heterocycles. The number of amides is 1. The number of rotatable bonds is 5. The molecule has 0 aromatic heterocycles. The molecular weight excluding hydrogens is 278 g/mol. The summed E-state index contributed by atoms with van der Waals surface area (Å²) in [6.07, 6.45) is 3.34. The van der Waals surface area contributed by atoms with Gasteiger partial charge in [-0.1, -0.05) is 12.1 Å². The standard InChI is InChI=1S/C17H25N3O2/c1-13(21)14-5-3-6-15(11-14)19-17(22)12-20(2)16-7-4-9-18-10-8-16/h3,5-6,11,16,18H,4,7-10,12H2,1-2H3,(H,19,22). The first-order valence-electron chi connectivity index (χ1n) is 7.88. The molecule has 2 N–H and O–H groups in total. The number of ketones is 1. The van der Waals surface area contributed by atoms with E-state index < -0.39 is 0 Å². The van der Waals surface area contributed by atoms with Crippen LogP contribution in [0, 0.1) is 0 Å². The molecule has 1 amide bonds. The van der Waals surface area contributed by atoms with Crippen LogP contribution in [0.3, 0.4) is 0 Å². The average molecular weight is 303 g/mol. The fraction of sp³-hybridized carbons (Fsp3) is 0.529. The summed E-state index contributed by atoms with van der Waals surface area (Å²) in [5, 5.41) is 6.26. The summed E-state index contributed by atoms with van der Waals surface area (Å²) >= 11 is 0. The van der Waals surface area contributed by atoms with E-state index in [9.17, 15) is 9.59 Å². The third-order valence-electron chi connectivity index (χ3n) is 4.11. The van der Waals surface area contributed by atoms with Crippen LogP contribution >= 0.6 is 0 Å². The molecule has 1 fully saturated rings. The molecule has 5 heteroatoms. The van der Waals surface area contributed by atoms with E-state index in [-0.39, 0.29) is 11.7 Å². The van der Waals surface area contributed by atoms with Gasteiger partial charge in [0.15, 0.2) is 5.78 Å². The van der Waals surface area contributed by atoms with Crippen molar-refractivity contribution in [3.05, 3.63) is 29.8 Å². The molecule has 1 aliphatic rings. The summed E-state index contributed by atoms with van der Waals surface area (Å²) in [4.78, 5) is 25.7. The summed E-state index contributed by atoms with van der Waals surface area (Å²) in [5.41, 5.74) is 1.29. The van der Waals surface area contributed by atoms with E-state index in [0.29, 0.717) is 23.8 Å². The Bertz CT molecular complexity index is 522. The summed E-state index contributed by atoms with van der Waals surface area (Å²) in [7, 11) is 2.00. The van der Waals surface area contributed by atoms with Gasteiger partial charge >= 0.3 is 0 Å². The molecule has 0 aliphatic carbocycles. The number of carbonyl (C=O) groups is 2. The van der Waals surface area contributed by atoms with Gasteiger partial charge in [0.05, 0.1) is 6.54 Å². The quantitative estimate of drug-likeness (QED) is 0.816. The highest BCUT2D eigenvalue weighted by Gasteiger charge is 2.18. The molecule has 1 saturated heterocycles. The van der Waals surface area contributed by atoms with Gasteiger partial charge in [0.25, 0.3) is 0 Å². The first-order chi connectivity index (χ1) is 10.6. The molecule has 0 saturated carbocycles. The minimum absolute atomic E-state index is 0.000766. The number of hydrogen-bond acceptors (Lipinski definition) is 4. The van der Waals surface area contributed by atoms with Gasteiger partial charge in [0.1, 0.15) is 0 Å². The van der Waals surface area contributed by atoms with Crippen molar-refractivity contribution in [3.63, 3.8) is 0 Å². The summed E-state index contributed by atoms with van der Waals surface area (Å²) < 4.78 is 0. The van der Waals surface area contributed by atoms with E-state index in [1.807, 2.05) is 7.05 Å². The van der Waals surface area contributed by atoms with Gasteiger partial charge in [-0.2, -0.15) is 0 Å². The van der Waals surface area contributed by atoms with Gasteiger partial charge < -0.3 is 10.6 Å². The molecule has 1 aromatic carbocycles. The molecule has 0 bridgehead atoms. The molecule has 22 heavy (non-hydrogen) atoms. The van der Waals surface area contributed by atoms with Crippen molar-refractivity contribution in [2.45, 2.75) is 32.2 Å². The Balaban J connectivity index is 1.89. The smallest absolute Gasteiger partial charge is 0.238 e. The maximum absolute atomic E-state index is 12.2. The maximum atomic E-state index is 12.2. The second kappa shape index (κ2) is 8.06. The zero-order valence-corrected chi connectivity index (χ0v) is 13.4. The molecule has 0 spiro atoms. The fourth-order valence-corrected chi connectivity index (χ4v) is 2.81. The number of nitrogens with one attached hydrogen (secondary N) is 2. The molecule has 5 nitrogen and oxygen atoms in total. The van der Waals surface area contributed by atoms with Crippen LogP contribution in [0.2, 0.25) is 0 Å². The highest BCUT2D eigenvalue weighted by molar-refractivity contribution is 5.97. The van der Waals surface area contributed by atoms with Crippen LogP contribution in [0.1, 0.15) is 36.5 Å². The lowest BCUT2D eigenvalue weighted by molar-refractivity contribution is -0.117. The predicted octanol–water partition coefficient (Wildman–Crippen LogP) is 1.90. The maximum Gasteiger partial charge on any atom is 0.238 e. The van der Waals surface area contributed by atoms with Crippen molar-refractivity contribution in [1.29, 1.82) is 0 Å². The van der Waals surface area contributed by atoms with Crippen molar-refractivity contribution in [3.8, 4) is 0 Å². The van der Waals surface area contributed by atoms with Crippen molar-refractivity contribution >= 4 is 17.4 Å². The van der Waals surface area contributed by atoms with Crippen molar-refractivity contribution in [1.82, 2.24) is 10.2 Å². The Morgan fingerprint density at radius 1 is 1.32 bits per heavy atom. The van der Waals surface area contributed by atoms with Crippen molar-refractivity contribution in [2.24, 2.45) is 0 Å². The molecule has 1 aliphatic heterocycles. The van der Waals surface area contributed by atoms with E-state index in [1.54, 1.807) is 24.3 Å². The van der Waals surface area contributed by atoms with Gasteiger partial charge in [0.2, 0.25) is 5.91 Å². The third kappa shape index (κ3) is 4.93. The summed E-state index contributed by atoms with van der Waals surface area (Å²) in [6.45, 7) is 3.97. The van der Waals surface area contributed by atoms with Crippen molar-refractivity contribution in [2.75, 3.05) is 32.0 Å². The molecule has 1 unspecified atom stereocenters. The van der Waals surface area contributed by atoms with E-state index in [2.05, 4.69) is 15.5 Å². The van der Waals surface area contributed by atoms with E-state index in [4.69, 9.17) is 0 Å². The number of nitrogens with zero attached hydrogens (tertiary/aromatic N) is 1. The molecule has 0 radical (unpaired) electrons. The van der Waals surface area contributed by atoms with Crippen LogP contribution in [0.5, 0.6) is 0 Å². The normalized spacial score (nSPS) is 18.8. The largest absolute Gasteiger partial charge is 0.325 e. The number of likely N-dealkylation sites (N-methyl/N-ethyl adjacent to an activating group) is 1. The zero-order valence-electron chi connectivity index (χ0n) is 13.4. The van der Waals surface area contributed by atoms with E-state index in [0.717, 1.165) is 32.4 Å². The topological polar surface area (TPSA) is 61.4 Å². The Labute approximate surface area is 132 Å². The SMILES string of the molecule is CC(=O)c1cccc(NC(=O)CN(C)C2CCCNCC2)c1. The van der Waals surface area contributed by atoms with Gasteiger partial charge in [-0.3, -0.25) is 14.5 Å². The Hall–Kier alpha value is -1.72. The summed E-state index contributed by atoms with van der Waals surface area (Å²) in [5.74, 6) is -0.0421. The first kappa shape index (κ1) is 16.6. The number of hydrogen-bond donors (Lipinski definition) is 2. The van der Waals surface area contributed by atoms with Crippen LogP contribution in [0.25, 0.3) is 0 Å². The minimum atomic E-state index is -0.0413. The van der Waals surface area contributed by atoms with Crippen LogP contribution in [-0.4, -0.2) is 49.3 Å². The molecule has 1 atom stereocenters. The summed E-state index contributed by atoms with van der Waals surface area (Å²) in [6, 6.07) is 7.51. The lowest BCUT2D eigenvalue weighted by Crippen LogP contribution is -2.38. The number of benzene rings is 1. The van der Waals surface area contributed by atoms with E-state index in [1.165, 1.54) is 6.92 Å². The predicted molar refractivity (Wildman–Crippen MR) is 88.2 cm³/mol. The Morgan fingerprint density at radius 3 is 2.91 bits per heavy atom. The third-order valence-corrected chi connectivity index (χ3v) is 4.11.